The molecule has 0 aliphatic carbocycles. The fourth-order valence-corrected chi connectivity index (χ4v) is 4.74. The Morgan fingerprint density at radius 3 is 2.62 bits per heavy atom. The molecule has 0 saturated heterocycles. The highest BCUT2D eigenvalue weighted by atomic mass is 35.5. The van der Waals surface area contributed by atoms with Crippen molar-refractivity contribution in [2.24, 2.45) is 0 Å². The lowest BCUT2D eigenvalue weighted by molar-refractivity contribution is 0.102. The Balaban J connectivity index is 1.48. The summed E-state index contributed by atoms with van der Waals surface area (Å²) >= 11 is 8.75. The van der Waals surface area contributed by atoms with E-state index in [0.29, 0.717) is 32.2 Å². The number of hydrogen-bond acceptors (Lipinski definition) is 6. The Morgan fingerprint density at radius 1 is 1.10 bits per heavy atom. The molecule has 2 aromatic carbocycles. The van der Waals surface area contributed by atoms with Gasteiger partial charge in [0.15, 0.2) is 5.01 Å². The van der Waals surface area contributed by atoms with Gasteiger partial charge < -0.3 is 0 Å². The number of thiazole rings is 1. The highest BCUT2D eigenvalue weighted by molar-refractivity contribution is 7.19. The molecule has 146 valence electrons. The van der Waals surface area contributed by atoms with Gasteiger partial charge >= 0.3 is 0 Å². The first kappa shape index (κ1) is 19.6. The second kappa shape index (κ2) is 8.36. The zero-order valence-electron chi connectivity index (χ0n) is 15.1. The van der Waals surface area contributed by atoms with Gasteiger partial charge in [-0.05, 0) is 30.7 Å². The molecule has 1 N–H and O–H groups in total. The van der Waals surface area contributed by atoms with Crippen LogP contribution in [-0.4, -0.2) is 21.1 Å². The molecule has 0 saturated carbocycles. The van der Waals surface area contributed by atoms with Gasteiger partial charge in [-0.1, -0.05) is 53.3 Å². The van der Waals surface area contributed by atoms with E-state index in [2.05, 4.69) is 20.5 Å². The number of benzene rings is 2. The zero-order chi connectivity index (χ0) is 20.4. The smallest absolute Gasteiger partial charge is 0.269 e. The van der Waals surface area contributed by atoms with Gasteiger partial charge in [0.25, 0.3) is 5.91 Å². The first-order valence-electron chi connectivity index (χ1n) is 8.60. The quantitative estimate of drug-likeness (QED) is 0.434. The molecule has 0 bridgehead atoms. The summed E-state index contributed by atoms with van der Waals surface area (Å²) in [7, 11) is 0. The molecular weight excluding hydrogens is 431 g/mol. The van der Waals surface area contributed by atoms with Gasteiger partial charge in [0.1, 0.15) is 10.7 Å². The van der Waals surface area contributed by atoms with Crippen LogP contribution in [0.3, 0.4) is 0 Å². The summed E-state index contributed by atoms with van der Waals surface area (Å²) in [4.78, 5) is 17.7. The van der Waals surface area contributed by atoms with Crippen LogP contribution in [-0.2, 0) is 6.42 Å². The lowest BCUT2D eigenvalue weighted by Crippen LogP contribution is -2.11. The monoisotopic (exact) mass is 444 g/mol. The number of aromatic nitrogens is 3. The maximum atomic E-state index is 13.1. The van der Waals surface area contributed by atoms with Crippen molar-refractivity contribution in [1.29, 1.82) is 0 Å². The van der Waals surface area contributed by atoms with Crippen LogP contribution in [0, 0.1) is 12.7 Å². The average molecular weight is 445 g/mol. The zero-order valence-corrected chi connectivity index (χ0v) is 17.5. The molecule has 9 heteroatoms. The van der Waals surface area contributed by atoms with E-state index in [9.17, 15) is 9.18 Å². The Labute approximate surface area is 179 Å². The molecule has 0 unspecified atom stereocenters. The lowest BCUT2D eigenvalue weighted by Gasteiger charge is -1.99. The third-order valence-electron chi connectivity index (χ3n) is 4.07. The SMILES string of the molecule is Cc1nc(Cc2ccc(F)cc2)sc1C(=O)Nc1nnc(-c2ccccc2Cl)s1. The molecule has 2 heterocycles. The number of anilines is 1. The maximum Gasteiger partial charge on any atom is 0.269 e. The Hall–Kier alpha value is -2.68. The molecule has 2 aromatic heterocycles. The third-order valence-corrected chi connectivity index (χ3v) is 6.42. The fraction of sp³-hybridized carbons (Fsp3) is 0.100. The fourth-order valence-electron chi connectivity index (χ4n) is 2.69. The average Bonchev–Trinajstić information content (AvgIpc) is 3.30. The predicted octanol–water partition coefficient (Wildman–Crippen LogP) is 5.61. The molecule has 1 amide bonds. The third kappa shape index (κ3) is 4.50. The van der Waals surface area contributed by atoms with Gasteiger partial charge in [-0.3, -0.25) is 10.1 Å². The molecule has 0 aliphatic rings. The van der Waals surface area contributed by atoms with Crippen molar-refractivity contribution in [3.8, 4) is 10.6 Å². The van der Waals surface area contributed by atoms with E-state index in [1.807, 2.05) is 18.2 Å². The second-order valence-electron chi connectivity index (χ2n) is 6.17. The first-order valence-corrected chi connectivity index (χ1v) is 10.6. The van der Waals surface area contributed by atoms with Gasteiger partial charge in [0.2, 0.25) is 5.13 Å². The summed E-state index contributed by atoms with van der Waals surface area (Å²) in [6.07, 6.45) is 0.536. The normalized spacial score (nSPS) is 10.9. The van der Waals surface area contributed by atoms with Crippen molar-refractivity contribution in [3.05, 3.63) is 80.5 Å². The molecule has 0 atom stereocenters. The Bertz CT molecular complexity index is 1170. The molecular formula is C20H14ClFN4OS2. The highest BCUT2D eigenvalue weighted by Crippen LogP contribution is 2.32. The van der Waals surface area contributed by atoms with Crippen LogP contribution in [0.15, 0.2) is 48.5 Å². The molecule has 4 aromatic rings. The molecule has 5 nitrogen and oxygen atoms in total. The topological polar surface area (TPSA) is 67.8 Å². The number of carbonyl (C=O) groups excluding carboxylic acids is 1. The van der Waals surface area contributed by atoms with E-state index < -0.39 is 0 Å². The Morgan fingerprint density at radius 2 is 1.86 bits per heavy atom. The minimum absolute atomic E-state index is 0.280. The number of halogens is 2. The minimum Gasteiger partial charge on any atom is -0.296 e. The molecule has 0 aliphatic heterocycles. The van der Waals surface area contributed by atoms with Crippen molar-refractivity contribution in [2.75, 3.05) is 5.32 Å². The van der Waals surface area contributed by atoms with Crippen LogP contribution in [0.2, 0.25) is 5.02 Å². The van der Waals surface area contributed by atoms with E-state index in [-0.39, 0.29) is 11.7 Å². The van der Waals surface area contributed by atoms with Crippen molar-refractivity contribution in [1.82, 2.24) is 15.2 Å². The van der Waals surface area contributed by atoms with Gasteiger partial charge in [0, 0.05) is 12.0 Å². The lowest BCUT2D eigenvalue weighted by atomic mass is 10.1. The molecule has 0 spiro atoms. The largest absolute Gasteiger partial charge is 0.296 e. The van der Waals surface area contributed by atoms with Gasteiger partial charge in [-0.25, -0.2) is 9.37 Å². The summed E-state index contributed by atoms with van der Waals surface area (Å²) in [5.74, 6) is -0.565. The van der Waals surface area contributed by atoms with E-state index in [4.69, 9.17) is 11.6 Å². The summed E-state index contributed by atoms with van der Waals surface area (Å²) in [6, 6.07) is 13.6. The van der Waals surface area contributed by atoms with Gasteiger partial charge in [-0.15, -0.1) is 21.5 Å². The standard InChI is InChI=1S/C20H14ClFN4OS2/c1-11-17(28-16(23-11)10-12-6-8-13(22)9-7-12)18(27)24-20-26-25-19(29-20)14-4-2-3-5-15(14)21/h2-9H,10H2,1H3,(H,24,26,27). The number of nitrogens with zero attached hydrogens (tertiary/aromatic N) is 3. The number of amides is 1. The summed E-state index contributed by atoms with van der Waals surface area (Å²) in [5, 5.41) is 13.3. The first-order chi connectivity index (χ1) is 14.0. The van der Waals surface area contributed by atoms with Crippen molar-refractivity contribution < 1.29 is 9.18 Å². The number of hydrogen-bond donors (Lipinski definition) is 1. The van der Waals surface area contributed by atoms with Crippen LogP contribution in [0.25, 0.3) is 10.6 Å². The molecule has 0 fully saturated rings. The van der Waals surface area contributed by atoms with E-state index >= 15 is 0 Å². The molecule has 4 rings (SSSR count). The van der Waals surface area contributed by atoms with E-state index in [0.717, 1.165) is 16.1 Å². The number of rotatable bonds is 5. The van der Waals surface area contributed by atoms with Crippen LogP contribution in [0.4, 0.5) is 9.52 Å². The van der Waals surface area contributed by atoms with Crippen molar-refractivity contribution in [2.45, 2.75) is 13.3 Å². The number of nitrogens with one attached hydrogen (secondary N) is 1. The second-order valence-corrected chi connectivity index (χ2v) is 8.64. The molecule has 29 heavy (non-hydrogen) atoms. The van der Waals surface area contributed by atoms with Gasteiger partial charge in [-0.2, -0.15) is 0 Å². The van der Waals surface area contributed by atoms with E-state index in [1.165, 1.54) is 34.8 Å². The number of carbonyl (C=O) groups is 1. The number of aryl methyl sites for hydroxylation is 1. The summed E-state index contributed by atoms with van der Waals surface area (Å²) in [5.41, 5.74) is 2.34. The summed E-state index contributed by atoms with van der Waals surface area (Å²) in [6.45, 7) is 1.79. The maximum absolute atomic E-state index is 13.1. The van der Waals surface area contributed by atoms with Crippen molar-refractivity contribution in [3.63, 3.8) is 0 Å². The van der Waals surface area contributed by atoms with Crippen molar-refractivity contribution >= 4 is 45.3 Å². The minimum atomic E-state index is -0.285. The van der Waals surface area contributed by atoms with Gasteiger partial charge in [0.05, 0.1) is 15.7 Å². The highest BCUT2D eigenvalue weighted by Gasteiger charge is 2.18. The van der Waals surface area contributed by atoms with Crippen LogP contribution in [0.1, 0.15) is 25.9 Å². The van der Waals surface area contributed by atoms with Crippen LogP contribution in [0.5, 0.6) is 0 Å². The Kier molecular flexibility index (Phi) is 5.66. The predicted molar refractivity (Wildman–Crippen MR) is 114 cm³/mol. The van der Waals surface area contributed by atoms with Crippen LogP contribution >= 0.6 is 34.3 Å². The van der Waals surface area contributed by atoms with E-state index in [1.54, 1.807) is 25.1 Å². The summed E-state index contributed by atoms with van der Waals surface area (Å²) < 4.78 is 13.1. The molecule has 0 radical (unpaired) electrons. The van der Waals surface area contributed by atoms with Crippen LogP contribution < -0.4 is 5.32 Å².